The largest absolute Gasteiger partial charge is 0.272 e. The SMILES string of the molecule is Cc1ccc(Cn2c(=O)c3ccccc3n3c(S[C@H](C)C#N)nnc23)cc1. The Morgan fingerprint density at radius 3 is 2.63 bits per heavy atom. The van der Waals surface area contributed by atoms with E-state index in [1.165, 1.54) is 17.3 Å². The molecule has 1 atom stereocenters. The quantitative estimate of drug-likeness (QED) is 0.511. The molecule has 4 rings (SSSR count). The molecule has 6 nitrogen and oxygen atoms in total. The third-order valence-corrected chi connectivity index (χ3v) is 5.34. The molecule has 2 heterocycles. The van der Waals surface area contributed by atoms with Crippen molar-refractivity contribution < 1.29 is 0 Å². The van der Waals surface area contributed by atoms with Crippen LogP contribution < -0.4 is 5.56 Å². The zero-order chi connectivity index (χ0) is 19.0. The topological polar surface area (TPSA) is 76.0 Å². The van der Waals surface area contributed by atoms with E-state index in [2.05, 4.69) is 16.3 Å². The summed E-state index contributed by atoms with van der Waals surface area (Å²) in [6.07, 6.45) is 0. The van der Waals surface area contributed by atoms with Gasteiger partial charge in [-0.25, -0.2) is 0 Å². The lowest BCUT2D eigenvalue weighted by atomic mass is 10.1. The number of nitriles is 1. The van der Waals surface area contributed by atoms with Crippen molar-refractivity contribution in [2.45, 2.75) is 30.8 Å². The highest BCUT2D eigenvalue weighted by atomic mass is 32.2. The normalized spacial score (nSPS) is 12.3. The Morgan fingerprint density at radius 2 is 1.89 bits per heavy atom. The standard InChI is InChI=1S/C20H17N5OS/c1-13-7-9-15(10-8-13)12-24-18(26)16-5-3-4-6-17(16)25-19(24)22-23-20(25)27-14(2)11-21/h3-10,14H,12H2,1-2H3/t14-/m1/s1. The van der Waals surface area contributed by atoms with Gasteiger partial charge in [-0.2, -0.15) is 5.26 Å². The van der Waals surface area contributed by atoms with Crippen LogP contribution >= 0.6 is 11.8 Å². The molecule has 0 aliphatic carbocycles. The first-order valence-electron chi connectivity index (χ1n) is 8.57. The monoisotopic (exact) mass is 375 g/mol. The Balaban J connectivity index is 1.97. The first-order chi connectivity index (χ1) is 13.1. The fourth-order valence-electron chi connectivity index (χ4n) is 3.01. The van der Waals surface area contributed by atoms with Gasteiger partial charge in [0.15, 0.2) is 5.16 Å². The molecule has 0 bridgehead atoms. The molecule has 0 radical (unpaired) electrons. The third-order valence-electron chi connectivity index (χ3n) is 4.40. The van der Waals surface area contributed by atoms with Crippen molar-refractivity contribution in [2.75, 3.05) is 0 Å². The van der Waals surface area contributed by atoms with Crippen molar-refractivity contribution >= 4 is 28.4 Å². The lowest BCUT2D eigenvalue weighted by Gasteiger charge is -2.11. The van der Waals surface area contributed by atoms with Crippen LogP contribution in [0.25, 0.3) is 16.7 Å². The summed E-state index contributed by atoms with van der Waals surface area (Å²) in [7, 11) is 0. The number of thioether (sulfide) groups is 1. The molecule has 4 aromatic rings. The Kier molecular flexibility index (Phi) is 4.42. The summed E-state index contributed by atoms with van der Waals surface area (Å²) < 4.78 is 3.50. The van der Waals surface area contributed by atoms with Crippen molar-refractivity contribution in [3.63, 3.8) is 0 Å². The maximum Gasteiger partial charge on any atom is 0.263 e. The fourth-order valence-corrected chi connectivity index (χ4v) is 3.76. The third kappa shape index (κ3) is 3.09. The molecule has 2 aromatic heterocycles. The highest BCUT2D eigenvalue weighted by Crippen LogP contribution is 2.24. The maximum atomic E-state index is 13.1. The van der Waals surface area contributed by atoms with E-state index < -0.39 is 0 Å². The van der Waals surface area contributed by atoms with E-state index in [0.29, 0.717) is 22.9 Å². The van der Waals surface area contributed by atoms with Gasteiger partial charge in [-0.15, -0.1) is 10.2 Å². The van der Waals surface area contributed by atoms with Gasteiger partial charge in [-0.3, -0.25) is 13.8 Å². The van der Waals surface area contributed by atoms with Crippen LogP contribution in [0.2, 0.25) is 0 Å². The summed E-state index contributed by atoms with van der Waals surface area (Å²) in [4.78, 5) is 13.1. The summed E-state index contributed by atoms with van der Waals surface area (Å²) in [5.74, 6) is 0.479. The number of rotatable bonds is 4. The predicted molar refractivity (Wildman–Crippen MR) is 106 cm³/mol. The number of hydrogen-bond acceptors (Lipinski definition) is 5. The highest BCUT2D eigenvalue weighted by Gasteiger charge is 2.18. The zero-order valence-corrected chi connectivity index (χ0v) is 15.8. The summed E-state index contributed by atoms with van der Waals surface area (Å²) in [6, 6.07) is 17.7. The summed E-state index contributed by atoms with van der Waals surface area (Å²) in [6.45, 7) is 4.25. The van der Waals surface area contributed by atoms with Crippen LogP contribution in [-0.4, -0.2) is 24.4 Å². The molecule has 27 heavy (non-hydrogen) atoms. The molecule has 0 N–H and O–H groups in total. The van der Waals surface area contributed by atoms with E-state index in [-0.39, 0.29) is 10.8 Å². The molecule has 0 aliphatic rings. The number of fused-ring (bicyclic) bond motifs is 3. The van der Waals surface area contributed by atoms with Crippen molar-refractivity contribution in [1.29, 1.82) is 5.26 Å². The van der Waals surface area contributed by atoms with Gasteiger partial charge in [0.2, 0.25) is 5.78 Å². The van der Waals surface area contributed by atoms with Gasteiger partial charge in [0, 0.05) is 0 Å². The lowest BCUT2D eigenvalue weighted by Crippen LogP contribution is -2.24. The number of hydrogen-bond donors (Lipinski definition) is 0. The molecular weight excluding hydrogens is 358 g/mol. The second-order valence-corrected chi connectivity index (χ2v) is 7.71. The van der Waals surface area contributed by atoms with Crippen LogP contribution in [0.1, 0.15) is 18.1 Å². The van der Waals surface area contributed by atoms with Crippen LogP contribution in [0.4, 0.5) is 0 Å². The minimum absolute atomic E-state index is 0.101. The summed E-state index contributed by atoms with van der Waals surface area (Å²) >= 11 is 1.33. The molecule has 0 fully saturated rings. The van der Waals surface area contributed by atoms with Gasteiger partial charge in [-0.05, 0) is 31.5 Å². The first kappa shape index (κ1) is 17.3. The number of para-hydroxylation sites is 1. The van der Waals surface area contributed by atoms with Crippen LogP contribution in [-0.2, 0) is 6.54 Å². The van der Waals surface area contributed by atoms with Gasteiger partial charge in [-0.1, -0.05) is 53.7 Å². The molecule has 134 valence electrons. The molecule has 0 amide bonds. The molecule has 0 spiro atoms. The van der Waals surface area contributed by atoms with Gasteiger partial charge in [0.25, 0.3) is 5.56 Å². The van der Waals surface area contributed by atoms with E-state index in [9.17, 15) is 4.79 Å². The Morgan fingerprint density at radius 1 is 1.15 bits per heavy atom. The lowest BCUT2D eigenvalue weighted by molar-refractivity contribution is 0.763. The average molecular weight is 375 g/mol. The Bertz CT molecular complexity index is 1230. The Hall–Kier alpha value is -3.11. The molecule has 7 heteroatoms. The van der Waals surface area contributed by atoms with E-state index in [4.69, 9.17) is 5.26 Å². The van der Waals surface area contributed by atoms with Crippen molar-refractivity contribution in [1.82, 2.24) is 19.2 Å². The smallest absolute Gasteiger partial charge is 0.263 e. The minimum atomic E-state index is -0.270. The number of aryl methyl sites for hydroxylation is 1. The van der Waals surface area contributed by atoms with Crippen molar-refractivity contribution in [3.05, 3.63) is 70.0 Å². The van der Waals surface area contributed by atoms with Gasteiger partial charge in [0.05, 0.1) is 28.8 Å². The Labute approximate surface area is 160 Å². The highest BCUT2D eigenvalue weighted by molar-refractivity contribution is 8.00. The molecular formula is C20H17N5OS. The van der Waals surface area contributed by atoms with Crippen LogP contribution in [0.3, 0.4) is 0 Å². The molecule has 0 saturated carbocycles. The van der Waals surface area contributed by atoms with Crippen molar-refractivity contribution in [2.24, 2.45) is 0 Å². The van der Waals surface area contributed by atoms with Crippen LogP contribution in [0, 0.1) is 18.3 Å². The second kappa shape index (κ2) is 6.89. The fraction of sp³-hybridized carbons (Fsp3) is 0.200. The number of nitrogens with zero attached hydrogens (tertiary/aromatic N) is 5. The molecule has 2 aromatic carbocycles. The minimum Gasteiger partial charge on any atom is -0.272 e. The molecule has 0 unspecified atom stereocenters. The predicted octanol–water partition coefficient (Wildman–Crippen LogP) is 3.41. The maximum absolute atomic E-state index is 13.1. The molecule has 0 saturated heterocycles. The average Bonchev–Trinajstić information content (AvgIpc) is 3.10. The number of benzene rings is 2. The van der Waals surface area contributed by atoms with E-state index in [1.54, 1.807) is 4.57 Å². The van der Waals surface area contributed by atoms with Gasteiger partial charge >= 0.3 is 0 Å². The van der Waals surface area contributed by atoms with Gasteiger partial charge < -0.3 is 0 Å². The number of aromatic nitrogens is 4. The van der Waals surface area contributed by atoms with Crippen LogP contribution in [0.5, 0.6) is 0 Å². The van der Waals surface area contributed by atoms with E-state index >= 15 is 0 Å². The van der Waals surface area contributed by atoms with Crippen LogP contribution in [0.15, 0.2) is 58.5 Å². The second-order valence-electron chi connectivity index (χ2n) is 6.40. The summed E-state index contributed by atoms with van der Waals surface area (Å²) in [5.41, 5.74) is 2.83. The van der Waals surface area contributed by atoms with E-state index in [0.717, 1.165) is 11.1 Å². The van der Waals surface area contributed by atoms with Crippen molar-refractivity contribution in [3.8, 4) is 6.07 Å². The zero-order valence-electron chi connectivity index (χ0n) is 15.0. The van der Waals surface area contributed by atoms with Gasteiger partial charge in [0.1, 0.15) is 0 Å². The summed E-state index contributed by atoms with van der Waals surface area (Å²) in [5, 5.41) is 18.6. The van der Waals surface area contributed by atoms with E-state index in [1.807, 2.05) is 66.8 Å². The first-order valence-corrected chi connectivity index (χ1v) is 9.45. The molecule has 0 aliphatic heterocycles.